The van der Waals surface area contributed by atoms with Crippen LogP contribution in [0.25, 0.3) is 22.9 Å². The van der Waals surface area contributed by atoms with Crippen molar-refractivity contribution in [2.45, 2.75) is 19.3 Å². The number of ether oxygens (including phenoxy) is 1. The molecule has 0 N–H and O–H groups in total. The molecule has 8 nitrogen and oxygen atoms in total. The van der Waals surface area contributed by atoms with Gasteiger partial charge in [-0.3, -0.25) is 4.68 Å². The van der Waals surface area contributed by atoms with Gasteiger partial charge in [-0.15, -0.1) is 0 Å². The molecule has 1 fully saturated rings. The molecule has 4 heterocycles. The Morgan fingerprint density at radius 1 is 1.27 bits per heavy atom. The largest absolute Gasteiger partial charge is 0.381 e. The van der Waals surface area contributed by atoms with E-state index in [0.717, 1.165) is 24.3 Å². The van der Waals surface area contributed by atoms with E-state index in [2.05, 4.69) is 20.4 Å². The number of rotatable bonds is 3. The van der Waals surface area contributed by atoms with E-state index in [0.29, 0.717) is 29.8 Å². The highest BCUT2D eigenvalue weighted by Gasteiger charge is 2.24. The van der Waals surface area contributed by atoms with Crippen molar-refractivity contribution >= 4 is 0 Å². The highest BCUT2D eigenvalue weighted by molar-refractivity contribution is 5.63. The fourth-order valence-electron chi connectivity index (χ4n) is 2.49. The zero-order chi connectivity index (χ0) is 15.1. The molecule has 0 amide bonds. The zero-order valence-electron chi connectivity index (χ0n) is 12.3. The Morgan fingerprint density at radius 3 is 2.91 bits per heavy atom. The number of nitrogens with zero attached hydrogens (tertiary/aromatic N) is 5. The maximum atomic E-state index is 5.38. The van der Waals surface area contributed by atoms with Crippen molar-refractivity contribution < 1.29 is 13.8 Å². The number of aryl methyl sites for hydroxylation is 1. The molecule has 1 aliphatic rings. The Labute approximate surface area is 126 Å². The summed E-state index contributed by atoms with van der Waals surface area (Å²) >= 11 is 0. The summed E-state index contributed by atoms with van der Waals surface area (Å²) in [5.74, 6) is 1.85. The standard InChI is InChI=1S/C14H15N5O3/c1-8-10(6-15-19(8)2)12-5-11(17-21-12)14-16-13(18-22-14)9-3-4-20-7-9/h5-6,9H,3-4,7H2,1-2H3/t9-/m1/s1. The van der Waals surface area contributed by atoms with E-state index >= 15 is 0 Å². The molecule has 0 aliphatic carbocycles. The van der Waals surface area contributed by atoms with Crippen LogP contribution >= 0.6 is 0 Å². The van der Waals surface area contributed by atoms with E-state index in [4.69, 9.17) is 13.8 Å². The molecule has 8 heteroatoms. The second kappa shape index (κ2) is 5.06. The van der Waals surface area contributed by atoms with Gasteiger partial charge in [0.25, 0.3) is 5.89 Å². The first-order valence-corrected chi connectivity index (χ1v) is 7.10. The summed E-state index contributed by atoms with van der Waals surface area (Å²) in [4.78, 5) is 4.40. The molecule has 22 heavy (non-hydrogen) atoms. The first-order valence-electron chi connectivity index (χ1n) is 7.10. The molecule has 4 rings (SSSR count). The van der Waals surface area contributed by atoms with Gasteiger partial charge in [0, 0.05) is 31.3 Å². The van der Waals surface area contributed by atoms with E-state index in [-0.39, 0.29) is 5.92 Å². The van der Waals surface area contributed by atoms with Crippen LogP contribution in [0.4, 0.5) is 0 Å². The van der Waals surface area contributed by atoms with Crippen molar-refractivity contribution in [1.29, 1.82) is 0 Å². The minimum Gasteiger partial charge on any atom is -0.381 e. The first-order chi connectivity index (χ1) is 10.7. The van der Waals surface area contributed by atoms with Gasteiger partial charge in [-0.2, -0.15) is 10.1 Å². The third-order valence-corrected chi connectivity index (χ3v) is 3.97. The van der Waals surface area contributed by atoms with Crippen LogP contribution in [0.15, 0.2) is 21.3 Å². The first kappa shape index (κ1) is 13.2. The maximum Gasteiger partial charge on any atom is 0.280 e. The molecule has 1 atom stereocenters. The lowest BCUT2D eigenvalue weighted by Gasteiger charge is -1.97. The summed E-state index contributed by atoms with van der Waals surface area (Å²) in [6.45, 7) is 3.34. The average molecular weight is 301 g/mol. The normalized spacial score (nSPS) is 18.2. The fraction of sp³-hybridized carbons (Fsp3) is 0.429. The van der Waals surface area contributed by atoms with Crippen molar-refractivity contribution in [3.05, 3.63) is 23.8 Å². The van der Waals surface area contributed by atoms with Crippen LogP contribution in [-0.2, 0) is 11.8 Å². The quantitative estimate of drug-likeness (QED) is 0.729. The maximum absolute atomic E-state index is 5.38. The Morgan fingerprint density at radius 2 is 2.18 bits per heavy atom. The average Bonchev–Trinajstić information content (AvgIpc) is 3.25. The third-order valence-electron chi connectivity index (χ3n) is 3.97. The molecule has 0 saturated carbocycles. The highest BCUT2D eigenvalue weighted by atomic mass is 16.5. The Kier molecular flexibility index (Phi) is 3.04. The van der Waals surface area contributed by atoms with Crippen LogP contribution in [0.2, 0.25) is 0 Å². The molecule has 1 aliphatic heterocycles. The topological polar surface area (TPSA) is 92.0 Å². The minimum atomic E-state index is 0.199. The van der Waals surface area contributed by atoms with Crippen molar-refractivity contribution in [1.82, 2.24) is 25.1 Å². The minimum absolute atomic E-state index is 0.199. The van der Waals surface area contributed by atoms with Crippen molar-refractivity contribution in [2.75, 3.05) is 13.2 Å². The van der Waals surface area contributed by atoms with Gasteiger partial charge in [0.1, 0.15) is 0 Å². The summed E-state index contributed by atoms with van der Waals surface area (Å²) in [6.07, 6.45) is 2.66. The predicted molar refractivity (Wildman–Crippen MR) is 74.9 cm³/mol. The molecular weight excluding hydrogens is 286 g/mol. The number of hydrogen-bond acceptors (Lipinski definition) is 7. The second-order valence-corrected chi connectivity index (χ2v) is 5.36. The van der Waals surface area contributed by atoms with Crippen LogP contribution in [0.3, 0.4) is 0 Å². The molecule has 0 spiro atoms. The fourth-order valence-corrected chi connectivity index (χ4v) is 2.49. The van der Waals surface area contributed by atoms with Crippen LogP contribution in [-0.4, -0.2) is 38.3 Å². The molecule has 0 bridgehead atoms. The summed E-state index contributed by atoms with van der Waals surface area (Å²) in [5.41, 5.74) is 2.41. The van der Waals surface area contributed by atoms with Crippen LogP contribution in [0.1, 0.15) is 23.9 Å². The smallest absolute Gasteiger partial charge is 0.280 e. The van der Waals surface area contributed by atoms with Gasteiger partial charge >= 0.3 is 0 Å². The van der Waals surface area contributed by atoms with E-state index < -0.39 is 0 Å². The molecule has 3 aromatic heterocycles. The van der Waals surface area contributed by atoms with Crippen molar-refractivity contribution in [3.8, 4) is 22.9 Å². The van der Waals surface area contributed by atoms with E-state index in [1.165, 1.54) is 0 Å². The van der Waals surface area contributed by atoms with Crippen LogP contribution in [0.5, 0.6) is 0 Å². The predicted octanol–water partition coefficient (Wildman–Crippen LogP) is 1.94. The van der Waals surface area contributed by atoms with E-state index in [1.807, 2.05) is 14.0 Å². The Balaban J connectivity index is 1.62. The van der Waals surface area contributed by atoms with Crippen molar-refractivity contribution in [3.63, 3.8) is 0 Å². The molecular formula is C14H15N5O3. The summed E-state index contributed by atoms with van der Waals surface area (Å²) < 4.78 is 17.8. The molecule has 0 unspecified atom stereocenters. The van der Waals surface area contributed by atoms with Gasteiger partial charge in [-0.05, 0) is 13.3 Å². The lowest BCUT2D eigenvalue weighted by molar-refractivity contribution is 0.192. The lowest BCUT2D eigenvalue weighted by Crippen LogP contribution is -1.99. The van der Waals surface area contributed by atoms with Gasteiger partial charge in [0.15, 0.2) is 17.3 Å². The molecule has 3 aromatic rings. The molecule has 1 saturated heterocycles. The third kappa shape index (κ3) is 2.12. The molecule has 0 aromatic carbocycles. The molecule has 0 radical (unpaired) electrons. The molecule has 114 valence electrons. The summed E-state index contributed by atoms with van der Waals surface area (Å²) in [6, 6.07) is 1.78. The van der Waals surface area contributed by atoms with Gasteiger partial charge in [0.05, 0.1) is 18.4 Å². The Hall–Kier alpha value is -2.48. The van der Waals surface area contributed by atoms with Crippen molar-refractivity contribution in [2.24, 2.45) is 7.05 Å². The van der Waals surface area contributed by atoms with E-state index in [1.54, 1.807) is 16.9 Å². The monoisotopic (exact) mass is 301 g/mol. The second-order valence-electron chi connectivity index (χ2n) is 5.36. The Bertz CT molecular complexity index is 797. The van der Waals surface area contributed by atoms with E-state index in [9.17, 15) is 0 Å². The van der Waals surface area contributed by atoms with Gasteiger partial charge in [0.2, 0.25) is 0 Å². The highest BCUT2D eigenvalue weighted by Crippen LogP contribution is 2.29. The SMILES string of the molecule is Cc1c(-c2cc(-c3nc([C@@H]4CCOC4)no3)no2)cnn1C. The van der Waals surface area contributed by atoms with Crippen LogP contribution < -0.4 is 0 Å². The number of hydrogen-bond donors (Lipinski definition) is 0. The van der Waals surface area contributed by atoms with Gasteiger partial charge in [-0.25, -0.2) is 0 Å². The lowest BCUT2D eigenvalue weighted by atomic mass is 10.1. The summed E-state index contributed by atoms with van der Waals surface area (Å²) in [7, 11) is 1.88. The summed E-state index contributed by atoms with van der Waals surface area (Å²) in [5, 5.41) is 12.2. The zero-order valence-corrected chi connectivity index (χ0v) is 12.3. The van der Waals surface area contributed by atoms with Gasteiger partial charge < -0.3 is 13.8 Å². The van der Waals surface area contributed by atoms with Gasteiger partial charge in [-0.1, -0.05) is 10.3 Å². The van der Waals surface area contributed by atoms with Crippen LogP contribution in [0, 0.1) is 6.92 Å². The number of aromatic nitrogens is 5.